The molecule has 0 saturated carbocycles. The second-order valence-corrected chi connectivity index (χ2v) is 6.25. The number of pyridine rings is 1. The zero-order valence-corrected chi connectivity index (χ0v) is 12.9. The first kappa shape index (κ1) is 13.0. The van der Waals surface area contributed by atoms with Crippen LogP contribution in [0.4, 0.5) is 0 Å². The van der Waals surface area contributed by atoms with Crippen LogP contribution < -0.4 is 5.56 Å². The molecule has 0 amide bonds. The molecule has 1 aromatic carbocycles. The molecule has 4 rings (SSSR count). The van der Waals surface area contributed by atoms with E-state index in [-0.39, 0.29) is 5.56 Å². The lowest BCUT2D eigenvalue weighted by Gasteiger charge is -2.23. The van der Waals surface area contributed by atoms with E-state index in [0.29, 0.717) is 11.4 Å². The molecule has 2 aromatic heterocycles. The van der Waals surface area contributed by atoms with E-state index in [9.17, 15) is 4.79 Å². The third-order valence-electron chi connectivity index (χ3n) is 4.06. The first-order valence-corrected chi connectivity index (χ1v) is 7.80. The van der Waals surface area contributed by atoms with Gasteiger partial charge in [0.2, 0.25) is 0 Å². The first-order valence-electron chi connectivity index (χ1n) is 7.00. The van der Waals surface area contributed by atoms with Crippen LogP contribution in [0.1, 0.15) is 18.9 Å². The summed E-state index contributed by atoms with van der Waals surface area (Å²) in [6, 6.07) is 6.23. The molecule has 1 N–H and O–H groups in total. The number of halogens is 1. The Morgan fingerprint density at radius 3 is 2.90 bits per heavy atom. The van der Waals surface area contributed by atoms with Crippen molar-refractivity contribution in [2.75, 3.05) is 13.2 Å². The van der Waals surface area contributed by atoms with Crippen molar-refractivity contribution in [3.63, 3.8) is 0 Å². The van der Waals surface area contributed by atoms with Gasteiger partial charge >= 0.3 is 0 Å². The van der Waals surface area contributed by atoms with Crippen molar-refractivity contribution in [1.82, 2.24) is 14.8 Å². The van der Waals surface area contributed by atoms with Crippen LogP contribution >= 0.6 is 15.9 Å². The van der Waals surface area contributed by atoms with Crippen molar-refractivity contribution in [3.8, 4) is 0 Å². The number of hydrogen-bond acceptors (Lipinski definition) is 3. The fraction of sp³-hybridized carbons (Fsp3) is 0.333. The molecule has 6 heteroatoms. The van der Waals surface area contributed by atoms with Gasteiger partial charge in [0.1, 0.15) is 0 Å². The fourth-order valence-corrected chi connectivity index (χ4v) is 3.38. The number of rotatable bonds is 1. The van der Waals surface area contributed by atoms with Gasteiger partial charge in [0.25, 0.3) is 5.56 Å². The second-order valence-electron chi connectivity index (χ2n) is 5.34. The van der Waals surface area contributed by atoms with Crippen LogP contribution in [-0.2, 0) is 4.74 Å². The zero-order chi connectivity index (χ0) is 14.4. The van der Waals surface area contributed by atoms with Crippen LogP contribution in [0.2, 0.25) is 0 Å². The normalized spacial score (nSPS) is 16.8. The number of H-pyrrole nitrogens is 1. The maximum absolute atomic E-state index is 12.3. The third kappa shape index (κ3) is 2.10. The van der Waals surface area contributed by atoms with E-state index in [2.05, 4.69) is 26.0 Å². The largest absolute Gasteiger partial charge is 0.381 e. The van der Waals surface area contributed by atoms with Gasteiger partial charge in [0.15, 0.2) is 0 Å². The van der Waals surface area contributed by atoms with Gasteiger partial charge in [-0.05, 0) is 31.0 Å². The van der Waals surface area contributed by atoms with Gasteiger partial charge in [-0.25, -0.2) is 0 Å². The average Bonchev–Trinajstić information content (AvgIpc) is 2.93. The molecule has 5 nitrogen and oxygen atoms in total. The lowest BCUT2D eigenvalue weighted by Crippen LogP contribution is -2.20. The maximum atomic E-state index is 12.3. The highest BCUT2D eigenvalue weighted by Crippen LogP contribution is 2.29. The van der Waals surface area contributed by atoms with Gasteiger partial charge in [0, 0.05) is 23.1 Å². The van der Waals surface area contributed by atoms with E-state index < -0.39 is 0 Å². The number of fused-ring (bicyclic) bond motifs is 3. The molecule has 0 radical (unpaired) electrons. The van der Waals surface area contributed by atoms with Crippen LogP contribution in [0.5, 0.6) is 0 Å². The van der Waals surface area contributed by atoms with Crippen molar-refractivity contribution in [2.24, 2.45) is 0 Å². The number of benzene rings is 1. The number of nitrogens with one attached hydrogen (secondary N) is 1. The van der Waals surface area contributed by atoms with E-state index in [0.717, 1.165) is 46.9 Å². The van der Waals surface area contributed by atoms with Gasteiger partial charge in [0.05, 0.1) is 28.7 Å². The third-order valence-corrected chi connectivity index (χ3v) is 4.55. The smallest absolute Gasteiger partial charge is 0.259 e. The zero-order valence-electron chi connectivity index (χ0n) is 11.3. The Kier molecular flexibility index (Phi) is 3.08. The molecule has 1 fully saturated rings. The SMILES string of the molecule is O=c1[nH]c2cc(Br)ccc2c2c1cnn2C1CCOCC1. The van der Waals surface area contributed by atoms with Crippen molar-refractivity contribution >= 4 is 37.7 Å². The molecular weight excluding hydrogens is 334 g/mol. The molecule has 21 heavy (non-hydrogen) atoms. The number of aromatic nitrogens is 3. The molecule has 0 bridgehead atoms. The van der Waals surface area contributed by atoms with Crippen LogP contribution in [0.15, 0.2) is 33.7 Å². The molecule has 1 saturated heterocycles. The summed E-state index contributed by atoms with van der Waals surface area (Å²) in [4.78, 5) is 15.2. The highest BCUT2D eigenvalue weighted by Gasteiger charge is 2.20. The summed E-state index contributed by atoms with van der Waals surface area (Å²) in [5, 5.41) is 6.16. The minimum absolute atomic E-state index is 0.0890. The fourth-order valence-electron chi connectivity index (χ4n) is 3.02. The molecule has 0 unspecified atom stereocenters. The monoisotopic (exact) mass is 347 g/mol. The Morgan fingerprint density at radius 2 is 2.10 bits per heavy atom. The maximum Gasteiger partial charge on any atom is 0.259 e. The van der Waals surface area contributed by atoms with E-state index in [1.54, 1.807) is 6.20 Å². The number of nitrogens with zero attached hydrogens (tertiary/aromatic N) is 2. The Balaban J connectivity index is 2.04. The van der Waals surface area contributed by atoms with E-state index in [1.165, 1.54) is 0 Å². The van der Waals surface area contributed by atoms with Crippen molar-refractivity contribution in [2.45, 2.75) is 18.9 Å². The van der Waals surface area contributed by atoms with Crippen molar-refractivity contribution in [3.05, 3.63) is 39.2 Å². The van der Waals surface area contributed by atoms with Crippen LogP contribution in [-0.4, -0.2) is 28.0 Å². The predicted molar refractivity (Wildman–Crippen MR) is 84.6 cm³/mol. The lowest BCUT2D eigenvalue weighted by atomic mass is 10.1. The number of hydrogen-bond donors (Lipinski definition) is 1. The van der Waals surface area contributed by atoms with E-state index >= 15 is 0 Å². The van der Waals surface area contributed by atoms with Crippen molar-refractivity contribution in [1.29, 1.82) is 0 Å². The Bertz CT molecular complexity index is 878. The van der Waals surface area contributed by atoms with Crippen LogP contribution in [0, 0.1) is 0 Å². The van der Waals surface area contributed by atoms with Gasteiger partial charge < -0.3 is 9.72 Å². The summed E-state index contributed by atoms with van der Waals surface area (Å²) < 4.78 is 8.37. The average molecular weight is 348 g/mol. The minimum Gasteiger partial charge on any atom is -0.381 e. The highest BCUT2D eigenvalue weighted by atomic mass is 79.9. The van der Waals surface area contributed by atoms with Gasteiger partial charge in [-0.3, -0.25) is 9.48 Å². The Morgan fingerprint density at radius 1 is 1.29 bits per heavy atom. The Hall–Kier alpha value is -1.66. The van der Waals surface area contributed by atoms with Crippen LogP contribution in [0.25, 0.3) is 21.8 Å². The summed E-state index contributed by atoms with van der Waals surface area (Å²) in [6.45, 7) is 1.50. The molecule has 1 aliphatic rings. The lowest BCUT2D eigenvalue weighted by molar-refractivity contribution is 0.0675. The quantitative estimate of drug-likeness (QED) is 0.736. The predicted octanol–water partition coefficient (Wildman–Crippen LogP) is 2.99. The second kappa shape index (κ2) is 4.96. The number of ether oxygens (including phenoxy) is 1. The van der Waals surface area contributed by atoms with Crippen molar-refractivity contribution < 1.29 is 4.74 Å². The molecule has 0 aliphatic carbocycles. The molecule has 0 atom stereocenters. The van der Waals surface area contributed by atoms with E-state index in [1.807, 2.05) is 22.9 Å². The Labute approximate surface area is 129 Å². The molecule has 3 aromatic rings. The molecular formula is C15H14BrN3O2. The summed E-state index contributed by atoms with van der Waals surface area (Å²) in [5.41, 5.74) is 1.66. The minimum atomic E-state index is -0.0890. The first-order chi connectivity index (χ1) is 10.2. The topological polar surface area (TPSA) is 59.9 Å². The molecule has 108 valence electrons. The standard InChI is InChI=1S/C15H14BrN3O2/c16-9-1-2-11-13(7-9)18-15(20)12-8-17-19(14(11)12)10-3-5-21-6-4-10/h1-2,7-8,10H,3-6H2,(H,18,20). The molecule has 1 aliphatic heterocycles. The van der Waals surface area contributed by atoms with E-state index in [4.69, 9.17) is 4.74 Å². The summed E-state index contributed by atoms with van der Waals surface area (Å²) in [7, 11) is 0. The summed E-state index contributed by atoms with van der Waals surface area (Å²) in [6.07, 6.45) is 3.54. The highest BCUT2D eigenvalue weighted by molar-refractivity contribution is 9.10. The van der Waals surface area contributed by atoms with Gasteiger partial charge in [-0.2, -0.15) is 5.10 Å². The summed E-state index contributed by atoms with van der Waals surface area (Å²) >= 11 is 3.45. The van der Waals surface area contributed by atoms with Gasteiger partial charge in [-0.1, -0.05) is 15.9 Å². The summed E-state index contributed by atoms with van der Waals surface area (Å²) in [5.74, 6) is 0. The number of aromatic amines is 1. The van der Waals surface area contributed by atoms with Gasteiger partial charge in [-0.15, -0.1) is 0 Å². The molecule has 0 spiro atoms. The van der Waals surface area contributed by atoms with Crippen LogP contribution in [0.3, 0.4) is 0 Å². The molecule has 3 heterocycles.